The molecule has 5 nitrogen and oxygen atoms in total. The van der Waals surface area contributed by atoms with Gasteiger partial charge in [-0.15, -0.1) is 0 Å². The number of hydrogen-bond donors (Lipinski definition) is 1. The van der Waals surface area contributed by atoms with Gasteiger partial charge in [0.15, 0.2) is 0 Å². The number of nitrogens with zero attached hydrogens (tertiary/aromatic N) is 2. The van der Waals surface area contributed by atoms with E-state index in [2.05, 4.69) is 10.3 Å². The molecule has 0 fully saturated rings. The molecular weight excluding hydrogens is 314 g/mol. The van der Waals surface area contributed by atoms with Crippen LogP contribution in [0.5, 0.6) is 5.75 Å². The zero-order chi connectivity index (χ0) is 18.0. The predicted octanol–water partition coefficient (Wildman–Crippen LogP) is 3.84. The maximum atomic E-state index is 12.7. The van der Waals surface area contributed by atoms with Gasteiger partial charge in [-0.3, -0.25) is 4.79 Å². The molecule has 1 unspecified atom stereocenters. The van der Waals surface area contributed by atoms with Gasteiger partial charge in [-0.05, 0) is 57.5 Å². The van der Waals surface area contributed by atoms with Crippen LogP contribution in [0.1, 0.15) is 47.2 Å². The van der Waals surface area contributed by atoms with Crippen LogP contribution >= 0.6 is 0 Å². The number of carbonyl (C=O) groups is 1. The summed E-state index contributed by atoms with van der Waals surface area (Å²) < 4.78 is 7.39. The number of carbonyl (C=O) groups excluding carboxylic acids is 1. The summed E-state index contributed by atoms with van der Waals surface area (Å²) in [7, 11) is 0. The van der Waals surface area contributed by atoms with Crippen molar-refractivity contribution in [1.82, 2.24) is 14.7 Å². The SMILES string of the molecule is CCOc1ccc(C(C)NC(=O)c2ccn3c(C)cc(C)nc23)cc1. The third kappa shape index (κ3) is 3.50. The molecule has 0 spiro atoms. The number of aryl methyl sites for hydroxylation is 2. The van der Waals surface area contributed by atoms with E-state index >= 15 is 0 Å². The van der Waals surface area contributed by atoms with Crippen molar-refractivity contribution in [2.24, 2.45) is 0 Å². The van der Waals surface area contributed by atoms with Crippen molar-refractivity contribution in [1.29, 1.82) is 0 Å². The van der Waals surface area contributed by atoms with E-state index < -0.39 is 0 Å². The Morgan fingerprint density at radius 2 is 1.96 bits per heavy atom. The first-order valence-electron chi connectivity index (χ1n) is 8.48. The Bertz CT molecular complexity index is 897. The smallest absolute Gasteiger partial charge is 0.255 e. The van der Waals surface area contributed by atoms with Crippen LogP contribution in [0.15, 0.2) is 42.6 Å². The van der Waals surface area contributed by atoms with Crippen LogP contribution in [0, 0.1) is 13.8 Å². The Balaban J connectivity index is 1.80. The minimum atomic E-state index is -0.124. The Morgan fingerprint density at radius 1 is 1.24 bits per heavy atom. The lowest BCUT2D eigenvalue weighted by molar-refractivity contribution is 0.0941. The van der Waals surface area contributed by atoms with E-state index in [1.54, 1.807) is 0 Å². The third-order valence-corrected chi connectivity index (χ3v) is 4.22. The predicted molar refractivity (Wildman–Crippen MR) is 98.2 cm³/mol. The molecule has 5 heteroatoms. The van der Waals surface area contributed by atoms with Crippen molar-refractivity contribution in [2.45, 2.75) is 33.7 Å². The topological polar surface area (TPSA) is 55.6 Å². The fraction of sp³-hybridized carbons (Fsp3) is 0.300. The maximum Gasteiger partial charge on any atom is 0.255 e. The number of ether oxygens (including phenoxy) is 1. The van der Waals surface area contributed by atoms with Crippen molar-refractivity contribution in [3.8, 4) is 5.75 Å². The molecule has 0 aliphatic carbocycles. The lowest BCUT2D eigenvalue weighted by Crippen LogP contribution is -2.26. The second-order valence-corrected chi connectivity index (χ2v) is 6.16. The second-order valence-electron chi connectivity index (χ2n) is 6.16. The summed E-state index contributed by atoms with van der Waals surface area (Å²) in [6.07, 6.45) is 1.88. The molecule has 1 amide bonds. The molecule has 0 saturated heterocycles. The third-order valence-electron chi connectivity index (χ3n) is 4.22. The minimum Gasteiger partial charge on any atom is -0.494 e. The van der Waals surface area contributed by atoms with Gasteiger partial charge in [0.1, 0.15) is 11.4 Å². The van der Waals surface area contributed by atoms with Gasteiger partial charge in [-0.1, -0.05) is 12.1 Å². The highest BCUT2D eigenvalue weighted by atomic mass is 16.5. The number of hydrogen-bond acceptors (Lipinski definition) is 3. The largest absolute Gasteiger partial charge is 0.494 e. The van der Waals surface area contributed by atoms with Gasteiger partial charge in [0, 0.05) is 17.6 Å². The van der Waals surface area contributed by atoms with Crippen LogP contribution < -0.4 is 10.1 Å². The fourth-order valence-corrected chi connectivity index (χ4v) is 2.95. The van der Waals surface area contributed by atoms with Crippen molar-refractivity contribution in [3.05, 3.63) is 65.1 Å². The van der Waals surface area contributed by atoms with Gasteiger partial charge in [0.25, 0.3) is 5.91 Å². The Morgan fingerprint density at radius 3 is 2.64 bits per heavy atom. The molecule has 0 saturated carbocycles. The molecule has 0 radical (unpaired) electrons. The van der Waals surface area contributed by atoms with Crippen molar-refractivity contribution >= 4 is 11.6 Å². The zero-order valence-corrected chi connectivity index (χ0v) is 15.0. The molecule has 0 bridgehead atoms. The van der Waals surface area contributed by atoms with Crippen LogP contribution in [0.3, 0.4) is 0 Å². The summed E-state index contributed by atoms with van der Waals surface area (Å²) in [5, 5.41) is 3.05. The number of rotatable bonds is 5. The highest BCUT2D eigenvalue weighted by molar-refractivity contribution is 6.00. The zero-order valence-electron chi connectivity index (χ0n) is 15.0. The lowest BCUT2D eigenvalue weighted by atomic mass is 10.1. The van der Waals surface area contributed by atoms with Gasteiger partial charge < -0.3 is 14.5 Å². The number of fused-ring (bicyclic) bond motifs is 1. The van der Waals surface area contributed by atoms with Gasteiger partial charge >= 0.3 is 0 Å². The summed E-state index contributed by atoms with van der Waals surface area (Å²) >= 11 is 0. The van der Waals surface area contributed by atoms with Crippen LogP contribution in [-0.4, -0.2) is 21.9 Å². The first-order chi connectivity index (χ1) is 12.0. The van der Waals surface area contributed by atoms with E-state index in [9.17, 15) is 4.79 Å². The summed E-state index contributed by atoms with van der Waals surface area (Å²) in [5.41, 5.74) is 4.26. The standard InChI is InChI=1S/C20H23N3O2/c1-5-25-17-8-6-16(7-9-17)15(4)22-20(24)18-10-11-23-14(3)12-13(2)21-19(18)23/h6-12,15H,5H2,1-4H3,(H,22,24). The van der Waals surface area contributed by atoms with E-state index in [0.717, 1.165) is 22.7 Å². The average Bonchev–Trinajstić information content (AvgIpc) is 3.00. The first-order valence-corrected chi connectivity index (χ1v) is 8.48. The van der Waals surface area contributed by atoms with Crippen LogP contribution in [0.25, 0.3) is 5.65 Å². The molecule has 3 rings (SSSR count). The Hall–Kier alpha value is -2.82. The first kappa shape index (κ1) is 17.0. The van der Waals surface area contributed by atoms with Gasteiger partial charge in [0.2, 0.25) is 0 Å². The molecule has 0 aliphatic heterocycles. The van der Waals surface area contributed by atoms with E-state index in [1.165, 1.54) is 0 Å². The van der Waals surface area contributed by atoms with Crippen LogP contribution in [0.2, 0.25) is 0 Å². The normalized spacial score (nSPS) is 12.2. The number of aromatic nitrogens is 2. The summed E-state index contributed by atoms with van der Waals surface area (Å²) in [5.74, 6) is 0.708. The van der Waals surface area contributed by atoms with E-state index in [4.69, 9.17) is 4.74 Å². The quantitative estimate of drug-likeness (QED) is 0.769. The summed E-state index contributed by atoms with van der Waals surface area (Å²) in [6, 6.07) is 11.5. The molecule has 25 heavy (non-hydrogen) atoms. The molecule has 1 aromatic carbocycles. The molecule has 1 N–H and O–H groups in total. The van der Waals surface area contributed by atoms with Gasteiger partial charge in [-0.2, -0.15) is 0 Å². The molecular formula is C20H23N3O2. The number of amides is 1. The summed E-state index contributed by atoms with van der Waals surface area (Å²) in [4.78, 5) is 17.2. The fourth-order valence-electron chi connectivity index (χ4n) is 2.95. The second kappa shape index (κ2) is 6.97. The molecule has 2 aromatic heterocycles. The monoisotopic (exact) mass is 337 g/mol. The summed E-state index contributed by atoms with van der Waals surface area (Å²) in [6.45, 7) is 8.50. The lowest BCUT2D eigenvalue weighted by Gasteiger charge is -2.15. The maximum absolute atomic E-state index is 12.7. The van der Waals surface area contributed by atoms with E-state index in [1.807, 2.05) is 74.7 Å². The van der Waals surface area contributed by atoms with Gasteiger partial charge in [-0.25, -0.2) is 4.98 Å². The average molecular weight is 337 g/mol. The molecule has 130 valence electrons. The van der Waals surface area contributed by atoms with Gasteiger partial charge in [0.05, 0.1) is 18.2 Å². The van der Waals surface area contributed by atoms with Crippen LogP contribution in [0.4, 0.5) is 0 Å². The highest BCUT2D eigenvalue weighted by Crippen LogP contribution is 2.19. The highest BCUT2D eigenvalue weighted by Gasteiger charge is 2.17. The molecule has 0 aliphatic rings. The Labute approximate surface area is 147 Å². The number of nitrogens with one attached hydrogen (secondary N) is 1. The molecule has 3 aromatic rings. The Kier molecular flexibility index (Phi) is 4.74. The van der Waals surface area contributed by atoms with E-state index in [0.29, 0.717) is 17.8 Å². The van der Waals surface area contributed by atoms with E-state index in [-0.39, 0.29) is 11.9 Å². The molecule has 2 heterocycles. The molecule has 1 atom stereocenters. The van der Waals surface area contributed by atoms with Crippen molar-refractivity contribution in [2.75, 3.05) is 6.61 Å². The van der Waals surface area contributed by atoms with Crippen molar-refractivity contribution in [3.63, 3.8) is 0 Å². The number of benzene rings is 1. The van der Waals surface area contributed by atoms with Crippen molar-refractivity contribution < 1.29 is 9.53 Å². The van der Waals surface area contributed by atoms with Crippen LogP contribution in [-0.2, 0) is 0 Å². The minimum absolute atomic E-state index is 0.107.